The third kappa shape index (κ3) is 3.93. The molecule has 1 amide bonds. The fourth-order valence-corrected chi connectivity index (χ4v) is 2.10. The van der Waals surface area contributed by atoms with E-state index in [9.17, 15) is 14.3 Å². The number of halogens is 1. The summed E-state index contributed by atoms with van der Waals surface area (Å²) in [4.78, 5) is 14.6. The van der Waals surface area contributed by atoms with Crippen LogP contribution in [0, 0.1) is 23.1 Å². The maximum absolute atomic E-state index is 13.6. The lowest BCUT2D eigenvalue weighted by atomic mass is 9.99. The Balaban J connectivity index is 1.92. The van der Waals surface area contributed by atoms with Gasteiger partial charge in [-0.2, -0.15) is 5.26 Å². The van der Waals surface area contributed by atoms with Crippen molar-refractivity contribution >= 4 is 5.91 Å². The van der Waals surface area contributed by atoms with E-state index >= 15 is 0 Å². The summed E-state index contributed by atoms with van der Waals surface area (Å²) in [7, 11) is 0. The van der Waals surface area contributed by atoms with Gasteiger partial charge in [-0.05, 0) is 24.1 Å². The molecule has 0 aliphatic carbocycles. The molecule has 2 aromatic rings. The van der Waals surface area contributed by atoms with Crippen molar-refractivity contribution in [1.29, 1.82) is 5.26 Å². The average molecular weight is 301 g/mol. The van der Waals surface area contributed by atoms with E-state index in [1.165, 1.54) is 18.3 Å². The van der Waals surface area contributed by atoms with E-state index in [2.05, 4.69) is 10.3 Å². The van der Waals surface area contributed by atoms with E-state index in [0.29, 0.717) is 17.5 Å². The van der Waals surface area contributed by atoms with Crippen LogP contribution in [0.25, 0.3) is 0 Å². The van der Waals surface area contributed by atoms with Gasteiger partial charge in [0.05, 0.1) is 5.56 Å². The Kier molecular flexibility index (Phi) is 5.28. The lowest BCUT2D eigenvalue weighted by Gasteiger charge is -2.15. The molecule has 0 unspecified atom stereocenters. The number of hydrogen-bond donors (Lipinski definition) is 3. The molecule has 5 nitrogen and oxygen atoms in total. The molecule has 1 aromatic heterocycles. The Hall–Kier alpha value is -2.65. The van der Waals surface area contributed by atoms with Crippen LogP contribution in [0.5, 0.6) is 0 Å². The van der Waals surface area contributed by atoms with Gasteiger partial charge in [-0.3, -0.25) is 4.79 Å². The van der Waals surface area contributed by atoms with Gasteiger partial charge in [-0.15, -0.1) is 0 Å². The van der Waals surface area contributed by atoms with Crippen LogP contribution in [-0.4, -0.2) is 29.1 Å². The van der Waals surface area contributed by atoms with Crippen LogP contribution in [0.2, 0.25) is 0 Å². The number of nitrogens with zero attached hydrogens (tertiary/aromatic N) is 1. The van der Waals surface area contributed by atoms with Crippen molar-refractivity contribution < 1.29 is 14.3 Å². The Morgan fingerprint density at radius 2 is 2.23 bits per heavy atom. The first-order valence-corrected chi connectivity index (χ1v) is 6.85. The van der Waals surface area contributed by atoms with E-state index in [0.717, 1.165) is 0 Å². The van der Waals surface area contributed by atoms with Crippen molar-refractivity contribution in [2.45, 2.75) is 6.42 Å². The minimum Gasteiger partial charge on any atom is -0.396 e. The first-order chi connectivity index (χ1) is 10.6. The molecule has 0 spiro atoms. The molecule has 0 saturated heterocycles. The van der Waals surface area contributed by atoms with E-state index in [1.54, 1.807) is 18.2 Å². The van der Waals surface area contributed by atoms with Gasteiger partial charge in [0.1, 0.15) is 17.6 Å². The number of aliphatic hydroxyl groups excluding tert-OH is 1. The summed E-state index contributed by atoms with van der Waals surface area (Å²) >= 11 is 0. The number of amides is 1. The predicted octanol–water partition coefficient (Wildman–Crippen LogP) is 1.61. The van der Waals surface area contributed by atoms with Gasteiger partial charge in [-0.1, -0.05) is 18.2 Å². The van der Waals surface area contributed by atoms with Gasteiger partial charge in [0.2, 0.25) is 0 Å². The number of carbonyl (C=O) groups excluding carboxylic acids is 1. The fraction of sp³-hybridized carbons (Fsp3) is 0.250. The van der Waals surface area contributed by atoms with Gasteiger partial charge in [0, 0.05) is 25.3 Å². The standard InChI is InChI=1S/C16H16FN3O2/c17-14-4-2-1-3-13(14)5-12(10-21)9-20-16(22)15-6-11(7-18)8-19-15/h1-4,6,8,12,19,21H,5,9-10H2,(H,20,22)/t12-/m1/s1. The number of rotatable bonds is 6. The average Bonchev–Trinajstić information content (AvgIpc) is 3.02. The monoisotopic (exact) mass is 301 g/mol. The van der Waals surface area contributed by atoms with Crippen molar-refractivity contribution in [3.63, 3.8) is 0 Å². The number of aromatic nitrogens is 1. The molecule has 0 saturated carbocycles. The number of carbonyl (C=O) groups is 1. The number of H-pyrrole nitrogens is 1. The number of aromatic amines is 1. The Labute approximate surface area is 127 Å². The van der Waals surface area contributed by atoms with Gasteiger partial charge in [0.15, 0.2) is 0 Å². The zero-order chi connectivity index (χ0) is 15.9. The highest BCUT2D eigenvalue weighted by Crippen LogP contribution is 2.12. The summed E-state index contributed by atoms with van der Waals surface area (Å²) in [6.07, 6.45) is 1.77. The summed E-state index contributed by atoms with van der Waals surface area (Å²) in [5.41, 5.74) is 1.15. The van der Waals surface area contributed by atoms with E-state index in [-0.39, 0.29) is 36.5 Å². The van der Waals surface area contributed by atoms with Crippen molar-refractivity contribution in [3.05, 3.63) is 59.2 Å². The van der Waals surface area contributed by atoms with Crippen molar-refractivity contribution in [2.75, 3.05) is 13.2 Å². The van der Waals surface area contributed by atoms with Gasteiger partial charge in [-0.25, -0.2) is 4.39 Å². The zero-order valence-corrected chi connectivity index (χ0v) is 11.8. The summed E-state index contributed by atoms with van der Waals surface area (Å²) < 4.78 is 13.6. The molecular formula is C16H16FN3O2. The van der Waals surface area contributed by atoms with Crippen molar-refractivity contribution in [1.82, 2.24) is 10.3 Å². The lowest BCUT2D eigenvalue weighted by Crippen LogP contribution is -2.32. The number of nitrogens with one attached hydrogen (secondary N) is 2. The zero-order valence-electron chi connectivity index (χ0n) is 11.8. The van der Waals surface area contributed by atoms with Crippen molar-refractivity contribution in [2.24, 2.45) is 5.92 Å². The normalized spacial score (nSPS) is 11.7. The summed E-state index contributed by atoms with van der Waals surface area (Å²) in [5, 5.41) is 20.8. The van der Waals surface area contributed by atoms with E-state index < -0.39 is 0 Å². The van der Waals surface area contributed by atoms with E-state index in [4.69, 9.17) is 5.26 Å². The molecule has 0 radical (unpaired) electrons. The molecule has 6 heteroatoms. The van der Waals surface area contributed by atoms with Crippen LogP contribution >= 0.6 is 0 Å². The topological polar surface area (TPSA) is 88.9 Å². The largest absolute Gasteiger partial charge is 0.396 e. The second-order valence-corrected chi connectivity index (χ2v) is 4.97. The van der Waals surface area contributed by atoms with Crippen LogP contribution in [0.4, 0.5) is 4.39 Å². The first-order valence-electron chi connectivity index (χ1n) is 6.85. The number of nitriles is 1. The van der Waals surface area contributed by atoms with E-state index in [1.807, 2.05) is 6.07 Å². The number of hydrogen-bond acceptors (Lipinski definition) is 3. The molecule has 2 rings (SSSR count). The minimum absolute atomic E-state index is 0.164. The van der Waals surface area contributed by atoms with Gasteiger partial charge in [0.25, 0.3) is 5.91 Å². The van der Waals surface area contributed by atoms with Crippen LogP contribution in [-0.2, 0) is 6.42 Å². The number of benzene rings is 1. The summed E-state index contributed by atoms with van der Waals surface area (Å²) in [6, 6.07) is 9.73. The second kappa shape index (κ2) is 7.38. The molecule has 1 atom stereocenters. The van der Waals surface area contributed by atoms with Gasteiger partial charge < -0.3 is 15.4 Å². The smallest absolute Gasteiger partial charge is 0.267 e. The lowest BCUT2D eigenvalue weighted by molar-refractivity contribution is 0.0935. The maximum Gasteiger partial charge on any atom is 0.267 e. The molecule has 1 heterocycles. The molecule has 0 bridgehead atoms. The minimum atomic E-state index is -0.367. The van der Waals surface area contributed by atoms with Crippen LogP contribution in [0.3, 0.4) is 0 Å². The molecular weight excluding hydrogens is 285 g/mol. The SMILES string of the molecule is N#Cc1c[nH]c(C(=O)NC[C@H](CO)Cc2ccccc2F)c1. The van der Waals surface area contributed by atoms with Crippen molar-refractivity contribution in [3.8, 4) is 6.07 Å². The van der Waals surface area contributed by atoms with Crippen LogP contribution < -0.4 is 5.32 Å². The van der Waals surface area contributed by atoms with Crippen LogP contribution in [0.15, 0.2) is 36.5 Å². The third-order valence-electron chi connectivity index (χ3n) is 3.33. The fourth-order valence-electron chi connectivity index (χ4n) is 2.10. The Bertz CT molecular complexity index is 691. The first kappa shape index (κ1) is 15.7. The third-order valence-corrected chi connectivity index (χ3v) is 3.33. The summed E-state index contributed by atoms with van der Waals surface area (Å²) in [6.45, 7) is 0.0490. The quantitative estimate of drug-likeness (QED) is 0.757. The maximum atomic E-state index is 13.6. The second-order valence-electron chi connectivity index (χ2n) is 4.97. The molecule has 114 valence electrons. The molecule has 22 heavy (non-hydrogen) atoms. The molecule has 0 aliphatic rings. The van der Waals surface area contributed by atoms with Gasteiger partial charge >= 0.3 is 0 Å². The highest BCUT2D eigenvalue weighted by Gasteiger charge is 2.14. The number of aliphatic hydroxyl groups is 1. The Morgan fingerprint density at radius 1 is 1.45 bits per heavy atom. The molecule has 1 aromatic carbocycles. The van der Waals surface area contributed by atoms with Crippen LogP contribution in [0.1, 0.15) is 21.6 Å². The molecule has 0 fully saturated rings. The predicted molar refractivity (Wildman–Crippen MR) is 78.5 cm³/mol. The highest BCUT2D eigenvalue weighted by molar-refractivity contribution is 5.92. The summed E-state index contributed by atoms with van der Waals surface area (Å²) in [5.74, 6) is -0.977. The molecule has 0 aliphatic heterocycles. The molecule has 3 N–H and O–H groups in total. The highest BCUT2D eigenvalue weighted by atomic mass is 19.1. The Morgan fingerprint density at radius 3 is 2.86 bits per heavy atom.